The predicted molar refractivity (Wildman–Crippen MR) is 72.1 cm³/mol. The monoisotopic (exact) mass is 266 g/mol. The van der Waals surface area contributed by atoms with E-state index in [-0.39, 0.29) is 18.7 Å². The normalized spacial score (nSPS) is 9.84. The molecule has 0 unspecified atom stereocenters. The van der Waals surface area contributed by atoms with Crippen LogP contribution < -0.4 is 15.4 Å². The number of amides is 1. The second-order valence-electron chi connectivity index (χ2n) is 3.95. The minimum Gasteiger partial charge on any atom is -0.497 e. The summed E-state index contributed by atoms with van der Waals surface area (Å²) < 4.78 is 9.53. The van der Waals surface area contributed by atoms with Gasteiger partial charge in [-0.3, -0.25) is 9.59 Å². The summed E-state index contributed by atoms with van der Waals surface area (Å²) in [5, 5.41) is 0. The number of nitrogens with zero attached hydrogens (tertiary/aromatic N) is 1. The van der Waals surface area contributed by atoms with Gasteiger partial charge in [-0.25, -0.2) is 0 Å². The predicted octanol–water partition coefficient (Wildman–Crippen LogP) is 1.19. The van der Waals surface area contributed by atoms with Gasteiger partial charge in [0.1, 0.15) is 5.75 Å². The molecule has 0 aliphatic carbocycles. The lowest BCUT2D eigenvalue weighted by molar-refractivity contribution is -0.141. The average molecular weight is 266 g/mol. The lowest BCUT2D eigenvalue weighted by atomic mass is 10.2. The van der Waals surface area contributed by atoms with Crippen LogP contribution in [0.2, 0.25) is 0 Å². The lowest BCUT2D eigenvalue weighted by Gasteiger charge is -2.19. The number of hydrogen-bond acceptors (Lipinski definition) is 5. The number of carbonyl (C=O) groups is 2. The van der Waals surface area contributed by atoms with Gasteiger partial charge in [-0.15, -0.1) is 0 Å². The number of anilines is 2. The van der Waals surface area contributed by atoms with E-state index >= 15 is 0 Å². The van der Waals surface area contributed by atoms with Gasteiger partial charge in [0.05, 0.1) is 32.0 Å². The van der Waals surface area contributed by atoms with E-state index in [0.29, 0.717) is 17.1 Å². The molecular weight excluding hydrogens is 248 g/mol. The van der Waals surface area contributed by atoms with Crippen LogP contribution >= 0.6 is 0 Å². The number of esters is 1. The van der Waals surface area contributed by atoms with Crippen molar-refractivity contribution in [2.45, 2.75) is 12.8 Å². The molecule has 0 aliphatic heterocycles. The molecule has 0 saturated heterocycles. The van der Waals surface area contributed by atoms with Crippen LogP contribution in [0.4, 0.5) is 11.4 Å². The van der Waals surface area contributed by atoms with E-state index in [4.69, 9.17) is 10.5 Å². The Bertz CT molecular complexity index is 474. The maximum atomic E-state index is 11.9. The molecule has 6 heteroatoms. The molecule has 0 radical (unpaired) electrons. The van der Waals surface area contributed by atoms with Gasteiger partial charge in [-0.05, 0) is 12.1 Å². The quantitative estimate of drug-likeness (QED) is 0.639. The molecule has 0 spiro atoms. The Morgan fingerprint density at radius 3 is 2.47 bits per heavy atom. The van der Waals surface area contributed by atoms with Gasteiger partial charge in [0.2, 0.25) is 5.91 Å². The number of nitrogens with two attached hydrogens (primary N) is 1. The van der Waals surface area contributed by atoms with Crippen molar-refractivity contribution in [1.29, 1.82) is 0 Å². The number of carbonyl (C=O) groups excluding carboxylic acids is 2. The van der Waals surface area contributed by atoms with Gasteiger partial charge >= 0.3 is 5.97 Å². The lowest BCUT2D eigenvalue weighted by Crippen LogP contribution is -2.27. The molecule has 104 valence electrons. The van der Waals surface area contributed by atoms with Crippen molar-refractivity contribution >= 4 is 23.3 Å². The van der Waals surface area contributed by atoms with Crippen molar-refractivity contribution in [2.24, 2.45) is 0 Å². The molecule has 1 amide bonds. The van der Waals surface area contributed by atoms with Gasteiger partial charge in [-0.1, -0.05) is 0 Å². The van der Waals surface area contributed by atoms with Crippen molar-refractivity contribution in [2.75, 3.05) is 31.9 Å². The fourth-order valence-corrected chi connectivity index (χ4v) is 1.58. The maximum absolute atomic E-state index is 11.9. The molecule has 0 aromatic heterocycles. The molecule has 0 aliphatic rings. The molecule has 0 saturated carbocycles. The van der Waals surface area contributed by atoms with Gasteiger partial charge in [0, 0.05) is 19.5 Å². The molecule has 0 atom stereocenters. The molecule has 0 fully saturated rings. The highest BCUT2D eigenvalue weighted by Gasteiger charge is 2.15. The smallest absolute Gasteiger partial charge is 0.306 e. The highest BCUT2D eigenvalue weighted by Crippen LogP contribution is 2.27. The van der Waals surface area contributed by atoms with E-state index in [9.17, 15) is 9.59 Å². The molecule has 6 nitrogen and oxygen atoms in total. The summed E-state index contributed by atoms with van der Waals surface area (Å²) >= 11 is 0. The Kier molecular flexibility index (Phi) is 5.17. The number of ether oxygens (including phenoxy) is 2. The first-order valence-corrected chi connectivity index (χ1v) is 5.76. The third kappa shape index (κ3) is 3.87. The van der Waals surface area contributed by atoms with Crippen LogP contribution in [0.25, 0.3) is 0 Å². The first kappa shape index (κ1) is 14.8. The average Bonchev–Trinajstić information content (AvgIpc) is 2.43. The first-order chi connectivity index (χ1) is 8.99. The molecule has 1 aromatic carbocycles. The fraction of sp³-hybridized carbons (Fsp3) is 0.385. The summed E-state index contributed by atoms with van der Waals surface area (Å²) in [5.74, 6) is 0.00313. The summed E-state index contributed by atoms with van der Waals surface area (Å²) in [4.78, 5) is 24.3. The molecule has 2 N–H and O–H groups in total. The SMILES string of the molecule is COC(=O)CCC(=O)N(C)c1ccc(OC)cc1N. The van der Waals surface area contributed by atoms with Crippen molar-refractivity contribution in [3.05, 3.63) is 18.2 Å². The molecule has 0 bridgehead atoms. The van der Waals surface area contributed by atoms with E-state index in [0.717, 1.165) is 0 Å². The van der Waals surface area contributed by atoms with Gasteiger partial charge in [0.15, 0.2) is 0 Å². The van der Waals surface area contributed by atoms with Gasteiger partial charge in [-0.2, -0.15) is 0 Å². The van der Waals surface area contributed by atoms with Gasteiger partial charge in [0.25, 0.3) is 0 Å². The largest absolute Gasteiger partial charge is 0.497 e. The zero-order chi connectivity index (χ0) is 14.4. The van der Waals surface area contributed by atoms with Crippen molar-refractivity contribution in [3.63, 3.8) is 0 Å². The van der Waals surface area contributed by atoms with Crippen LogP contribution in [-0.2, 0) is 14.3 Å². The van der Waals surface area contributed by atoms with Crippen molar-refractivity contribution in [1.82, 2.24) is 0 Å². The number of methoxy groups -OCH3 is 2. The van der Waals surface area contributed by atoms with Crippen LogP contribution in [0, 0.1) is 0 Å². The van der Waals surface area contributed by atoms with E-state index < -0.39 is 5.97 Å². The number of hydrogen-bond donors (Lipinski definition) is 1. The number of rotatable bonds is 5. The fourth-order valence-electron chi connectivity index (χ4n) is 1.58. The Labute approximate surface area is 112 Å². The zero-order valence-electron chi connectivity index (χ0n) is 11.3. The third-order valence-corrected chi connectivity index (χ3v) is 2.74. The van der Waals surface area contributed by atoms with E-state index in [1.807, 2.05) is 0 Å². The summed E-state index contributed by atoms with van der Waals surface area (Å²) in [6.45, 7) is 0. The van der Waals surface area contributed by atoms with Gasteiger partial charge < -0.3 is 20.1 Å². The summed E-state index contributed by atoms with van der Waals surface area (Å²) in [7, 11) is 4.44. The summed E-state index contributed by atoms with van der Waals surface area (Å²) in [6, 6.07) is 5.05. The number of nitrogen functional groups attached to an aromatic ring is 1. The second-order valence-corrected chi connectivity index (χ2v) is 3.95. The molecule has 19 heavy (non-hydrogen) atoms. The van der Waals surface area contributed by atoms with Crippen LogP contribution in [-0.4, -0.2) is 33.1 Å². The molecule has 0 heterocycles. The van der Waals surface area contributed by atoms with E-state index in [1.54, 1.807) is 32.4 Å². The standard InChI is InChI=1S/C13H18N2O4/c1-15(12(16)6-7-13(17)19-3)11-5-4-9(18-2)8-10(11)14/h4-5,8H,6-7,14H2,1-3H3. The Balaban J connectivity index is 2.74. The third-order valence-electron chi connectivity index (χ3n) is 2.74. The Morgan fingerprint density at radius 2 is 1.95 bits per heavy atom. The van der Waals surface area contributed by atoms with E-state index in [2.05, 4.69) is 4.74 Å². The second kappa shape index (κ2) is 6.63. The van der Waals surface area contributed by atoms with Crippen LogP contribution in [0.3, 0.4) is 0 Å². The van der Waals surface area contributed by atoms with E-state index in [1.165, 1.54) is 12.0 Å². The molecular formula is C13H18N2O4. The number of benzene rings is 1. The maximum Gasteiger partial charge on any atom is 0.306 e. The zero-order valence-corrected chi connectivity index (χ0v) is 11.3. The molecule has 1 rings (SSSR count). The van der Waals surface area contributed by atoms with Crippen molar-refractivity contribution < 1.29 is 19.1 Å². The Hall–Kier alpha value is -2.24. The van der Waals surface area contributed by atoms with Crippen LogP contribution in [0.1, 0.15) is 12.8 Å². The molecule has 1 aromatic rings. The summed E-state index contributed by atoms with van der Waals surface area (Å²) in [5.41, 5.74) is 6.87. The first-order valence-electron chi connectivity index (χ1n) is 5.76. The minimum atomic E-state index is -0.413. The highest BCUT2D eigenvalue weighted by atomic mass is 16.5. The van der Waals surface area contributed by atoms with Crippen molar-refractivity contribution in [3.8, 4) is 5.75 Å². The van der Waals surface area contributed by atoms with Crippen LogP contribution in [0.5, 0.6) is 5.75 Å². The summed E-state index contributed by atoms with van der Waals surface area (Å²) in [6.07, 6.45) is 0.129. The van der Waals surface area contributed by atoms with Crippen LogP contribution in [0.15, 0.2) is 18.2 Å². The topological polar surface area (TPSA) is 81.9 Å². The highest BCUT2D eigenvalue weighted by molar-refractivity contribution is 5.97. The minimum absolute atomic E-state index is 0.0513. The Morgan fingerprint density at radius 1 is 1.26 bits per heavy atom.